The normalized spacial score (nSPS) is 17.4. The summed E-state index contributed by atoms with van der Waals surface area (Å²) in [6.45, 7) is 1.82. The number of rotatable bonds is 3. The van der Waals surface area contributed by atoms with Crippen LogP contribution < -0.4 is 0 Å². The molecule has 0 saturated heterocycles. The fraction of sp³-hybridized carbons (Fsp3) is 0.0588. The van der Waals surface area contributed by atoms with E-state index >= 15 is 0 Å². The largest absolute Gasteiger partial charge is 0.457 e. The van der Waals surface area contributed by atoms with Gasteiger partial charge in [-0.15, -0.1) is 0 Å². The van der Waals surface area contributed by atoms with Gasteiger partial charge in [-0.3, -0.25) is 20.3 Å². The summed E-state index contributed by atoms with van der Waals surface area (Å²) in [5.41, 5.74) is 2.91. The van der Waals surface area contributed by atoms with Crippen LogP contribution in [-0.4, -0.2) is 32.4 Å². The third-order valence-corrected chi connectivity index (χ3v) is 4.68. The number of carbonyl (C=O) groups excluding carboxylic acids is 1. The Morgan fingerprint density at radius 2 is 2.15 bits per heavy atom. The van der Waals surface area contributed by atoms with Crippen molar-refractivity contribution in [1.82, 2.24) is 5.01 Å². The minimum Gasteiger partial charge on any atom is -0.457 e. The molecule has 0 saturated carbocycles. The van der Waals surface area contributed by atoms with E-state index in [9.17, 15) is 14.9 Å². The molecule has 0 radical (unpaired) electrons. The monoisotopic (exact) mass is 381 g/mol. The first-order valence-corrected chi connectivity index (χ1v) is 8.60. The minimum absolute atomic E-state index is 0.0394. The first-order chi connectivity index (χ1) is 12.9. The van der Waals surface area contributed by atoms with Crippen LogP contribution in [0.1, 0.15) is 11.3 Å². The second kappa shape index (κ2) is 6.32. The van der Waals surface area contributed by atoms with Crippen LogP contribution in [0.5, 0.6) is 0 Å². The van der Waals surface area contributed by atoms with Crippen molar-refractivity contribution in [2.24, 2.45) is 10.1 Å². The average molecular weight is 381 g/mol. The molecule has 4 rings (SSSR count). The Hall–Kier alpha value is -3.53. The number of aliphatic imine (C=N–C) groups is 1. The van der Waals surface area contributed by atoms with Crippen molar-refractivity contribution in [3.05, 3.63) is 57.3 Å². The molecule has 10 heteroatoms. The fourth-order valence-electron chi connectivity index (χ4n) is 2.64. The summed E-state index contributed by atoms with van der Waals surface area (Å²) in [7, 11) is 0. The first kappa shape index (κ1) is 16.9. The minimum atomic E-state index is -0.547. The van der Waals surface area contributed by atoms with Crippen molar-refractivity contribution in [1.29, 1.82) is 5.41 Å². The van der Waals surface area contributed by atoms with Gasteiger partial charge in [0, 0.05) is 17.7 Å². The highest BCUT2D eigenvalue weighted by Gasteiger charge is 2.32. The smallest absolute Gasteiger partial charge is 0.283 e. The Labute approximate surface area is 156 Å². The van der Waals surface area contributed by atoms with E-state index in [1.165, 1.54) is 40.5 Å². The number of furan rings is 1. The van der Waals surface area contributed by atoms with Crippen molar-refractivity contribution in [3.63, 3.8) is 0 Å². The summed E-state index contributed by atoms with van der Waals surface area (Å²) >= 11 is 1.17. The number of hydrogen-bond donors (Lipinski definition) is 1. The van der Waals surface area contributed by atoms with Gasteiger partial charge in [0.05, 0.1) is 16.0 Å². The summed E-state index contributed by atoms with van der Waals surface area (Å²) in [5.74, 6) is 0.125. The lowest BCUT2D eigenvalue weighted by Gasteiger charge is -2.19. The number of nitro benzene ring substituents is 1. The highest BCUT2D eigenvalue weighted by molar-refractivity contribution is 8.25. The number of amidine groups is 2. The summed E-state index contributed by atoms with van der Waals surface area (Å²) in [5, 5.41) is 24.7. The third-order valence-electron chi connectivity index (χ3n) is 4.01. The average Bonchev–Trinajstić information content (AvgIpc) is 3.28. The van der Waals surface area contributed by atoms with Crippen LogP contribution in [0, 0.1) is 22.4 Å². The first-order valence-electron chi connectivity index (χ1n) is 7.72. The van der Waals surface area contributed by atoms with Crippen molar-refractivity contribution in [2.45, 2.75) is 6.92 Å². The SMILES string of the molecule is Cc1ccc([N+](=O)[O-])cc1-c1ccc(/C=C2/C(=N)N3N=CSC3=NC2=O)o1. The van der Waals surface area contributed by atoms with E-state index in [0.29, 0.717) is 22.3 Å². The molecule has 0 bridgehead atoms. The molecule has 9 nitrogen and oxygen atoms in total. The number of fused-ring (bicyclic) bond motifs is 1. The molecule has 134 valence electrons. The summed E-state index contributed by atoms with van der Waals surface area (Å²) < 4.78 is 5.74. The van der Waals surface area contributed by atoms with E-state index in [2.05, 4.69) is 10.1 Å². The molecule has 2 aliphatic rings. The van der Waals surface area contributed by atoms with Gasteiger partial charge >= 0.3 is 0 Å². The van der Waals surface area contributed by atoms with Crippen LogP contribution >= 0.6 is 11.8 Å². The number of hydrogen-bond acceptors (Lipinski definition) is 7. The van der Waals surface area contributed by atoms with Gasteiger partial charge in [0.15, 0.2) is 11.0 Å². The number of non-ortho nitro benzene ring substituents is 1. The molecule has 27 heavy (non-hydrogen) atoms. The van der Waals surface area contributed by atoms with Crippen LogP contribution in [0.2, 0.25) is 0 Å². The van der Waals surface area contributed by atoms with Crippen LogP contribution in [0.4, 0.5) is 5.69 Å². The lowest BCUT2D eigenvalue weighted by molar-refractivity contribution is -0.384. The fourth-order valence-corrected chi connectivity index (χ4v) is 3.25. The maximum atomic E-state index is 12.2. The van der Waals surface area contributed by atoms with Gasteiger partial charge in [0.2, 0.25) is 0 Å². The Kier molecular flexibility index (Phi) is 3.96. The molecular formula is C17H11N5O4S. The molecule has 0 unspecified atom stereocenters. The van der Waals surface area contributed by atoms with Crippen molar-refractivity contribution >= 4 is 46.0 Å². The summed E-state index contributed by atoms with van der Waals surface area (Å²) in [4.78, 5) is 26.6. The standard InChI is InChI=1S/C17H11N5O4S/c1-9-2-3-10(22(24)25)6-12(9)14-5-4-11(26-14)7-13-15(18)21-17(20-16(13)23)27-8-19-21/h2-8,18H,1H3/b13-7-,18-15?. The summed E-state index contributed by atoms with van der Waals surface area (Å²) in [6, 6.07) is 7.80. The predicted octanol–water partition coefficient (Wildman–Crippen LogP) is 3.41. The number of benzene rings is 1. The molecule has 2 aromatic rings. The second-order valence-corrected chi connectivity index (χ2v) is 6.53. The number of nitrogens with one attached hydrogen (secondary N) is 1. The van der Waals surface area contributed by atoms with Crippen LogP contribution in [-0.2, 0) is 4.79 Å². The second-order valence-electron chi connectivity index (χ2n) is 5.72. The number of hydrazone groups is 1. The molecule has 1 aromatic carbocycles. The molecular weight excluding hydrogens is 370 g/mol. The van der Waals surface area contributed by atoms with E-state index in [1.54, 1.807) is 18.2 Å². The van der Waals surface area contributed by atoms with Gasteiger partial charge in [-0.1, -0.05) is 6.07 Å². The lowest BCUT2D eigenvalue weighted by atomic mass is 10.1. The molecule has 2 aliphatic heterocycles. The zero-order chi connectivity index (χ0) is 19.1. The number of carbonyl (C=O) groups is 1. The Morgan fingerprint density at radius 1 is 1.33 bits per heavy atom. The zero-order valence-corrected chi connectivity index (χ0v) is 14.7. The van der Waals surface area contributed by atoms with Crippen LogP contribution in [0.3, 0.4) is 0 Å². The van der Waals surface area contributed by atoms with Crippen LogP contribution in [0.15, 0.2) is 50.4 Å². The number of nitro groups is 1. The van der Waals surface area contributed by atoms with E-state index in [-0.39, 0.29) is 17.1 Å². The van der Waals surface area contributed by atoms with Gasteiger partial charge in [-0.05, 0) is 42.5 Å². The quantitative estimate of drug-likeness (QED) is 0.493. The molecule has 1 amide bonds. The van der Waals surface area contributed by atoms with E-state index in [4.69, 9.17) is 9.83 Å². The molecule has 1 aromatic heterocycles. The molecule has 0 spiro atoms. The van der Waals surface area contributed by atoms with Gasteiger partial charge in [-0.25, -0.2) is 0 Å². The Bertz CT molecular complexity index is 1100. The summed E-state index contributed by atoms with van der Waals surface area (Å²) in [6.07, 6.45) is 1.42. The number of nitrogens with zero attached hydrogens (tertiary/aromatic N) is 4. The maximum absolute atomic E-state index is 12.2. The number of aryl methyl sites for hydroxylation is 1. The highest BCUT2D eigenvalue weighted by atomic mass is 32.2. The van der Waals surface area contributed by atoms with Crippen LogP contribution in [0.25, 0.3) is 17.4 Å². The predicted molar refractivity (Wildman–Crippen MR) is 102 cm³/mol. The Balaban J connectivity index is 1.70. The maximum Gasteiger partial charge on any atom is 0.283 e. The van der Waals surface area contributed by atoms with Gasteiger partial charge in [0.1, 0.15) is 11.5 Å². The van der Waals surface area contributed by atoms with Crippen molar-refractivity contribution in [2.75, 3.05) is 0 Å². The number of thioether (sulfide) groups is 1. The lowest BCUT2D eigenvalue weighted by Crippen LogP contribution is -2.35. The van der Waals surface area contributed by atoms with Gasteiger partial charge in [-0.2, -0.15) is 15.1 Å². The molecule has 0 fully saturated rings. The van der Waals surface area contributed by atoms with E-state index < -0.39 is 10.8 Å². The molecule has 0 aliphatic carbocycles. The van der Waals surface area contributed by atoms with E-state index in [0.717, 1.165) is 5.56 Å². The van der Waals surface area contributed by atoms with Crippen molar-refractivity contribution in [3.8, 4) is 11.3 Å². The molecule has 1 N–H and O–H groups in total. The van der Waals surface area contributed by atoms with Gasteiger partial charge in [0.25, 0.3) is 11.6 Å². The Morgan fingerprint density at radius 3 is 2.93 bits per heavy atom. The zero-order valence-electron chi connectivity index (χ0n) is 13.9. The van der Waals surface area contributed by atoms with Crippen molar-refractivity contribution < 1.29 is 14.1 Å². The van der Waals surface area contributed by atoms with Gasteiger partial charge < -0.3 is 4.42 Å². The van der Waals surface area contributed by atoms with E-state index in [1.807, 2.05) is 6.92 Å². The topological polar surface area (TPSA) is 125 Å². The molecule has 0 atom stereocenters. The number of amides is 1. The third kappa shape index (κ3) is 2.95. The molecule has 3 heterocycles. The highest BCUT2D eigenvalue weighted by Crippen LogP contribution is 2.31.